The van der Waals surface area contributed by atoms with Crippen LogP contribution in [0.15, 0.2) is 41.2 Å². The van der Waals surface area contributed by atoms with Crippen molar-refractivity contribution in [3.8, 4) is 11.4 Å². The van der Waals surface area contributed by atoms with E-state index in [1.165, 1.54) is 6.07 Å². The number of nitrogens with zero attached hydrogens (tertiary/aromatic N) is 2. The van der Waals surface area contributed by atoms with E-state index in [0.717, 1.165) is 33.7 Å². The molecule has 0 radical (unpaired) electrons. The predicted molar refractivity (Wildman–Crippen MR) is 95.1 cm³/mol. The number of fused-ring (bicyclic) bond motifs is 2. The molecule has 2 N–H and O–H groups in total. The van der Waals surface area contributed by atoms with Gasteiger partial charge in [0.25, 0.3) is 5.56 Å². The number of aromatic hydroxyl groups is 1. The highest BCUT2D eigenvalue weighted by Crippen LogP contribution is 2.30. The quantitative estimate of drug-likeness (QED) is 0.564. The van der Waals surface area contributed by atoms with E-state index in [9.17, 15) is 9.90 Å². The number of aromatic nitrogens is 3. The van der Waals surface area contributed by atoms with Crippen molar-refractivity contribution < 1.29 is 5.11 Å². The maximum absolute atomic E-state index is 12.7. The first-order chi connectivity index (χ1) is 11.5. The summed E-state index contributed by atoms with van der Waals surface area (Å²) in [6.07, 6.45) is 0. The van der Waals surface area contributed by atoms with E-state index in [2.05, 4.69) is 9.97 Å². The molecule has 5 nitrogen and oxygen atoms in total. The Morgan fingerprint density at radius 2 is 1.88 bits per heavy atom. The van der Waals surface area contributed by atoms with Gasteiger partial charge in [-0.15, -0.1) is 0 Å². The van der Waals surface area contributed by atoms with E-state index in [1.54, 1.807) is 10.6 Å². The molecule has 24 heavy (non-hydrogen) atoms. The van der Waals surface area contributed by atoms with Crippen molar-refractivity contribution in [3.05, 3.63) is 63.7 Å². The SMILES string of the molecule is Cc1nc2c(-n3c(=O)cc(O)c4ccccc43)c(C)c(C)cc2[nH]1. The summed E-state index contributed by atoms with van der Waals surface area (Å²) in [6.45, 7) is 5.90. The van der Waals surface area contributed by atoms with E-state index >= 15 is 0 Å². The van der Waals surface area contributed by atoms with E-state index in [4.69, 9.17) is 0 Å². The second-order valence-electron chi connectivity index (χ2n) is 6.11. The summed E-state index contributed by atoms with van der Waals surface area (Å²) in [5.74, 6) is 0.791. The fourth-order valence-electron chi connectivity index (χ4n) is 3.25. The first-order valence-corrected chi connectivity index (χ1v) is 7.78. The number of hydrogen-bond donors (Lipinski definition) is 2. The molecule has 0 aliphatic carbocycles. The molecule has 4 aromatic rings. The highest BCUT2D eigenvalue weighted by molar-refractivity contribution is 5.92. The van der Waals surface area contributed by atoms with Crippen molar-refractivity contribution in [2.75, 3.05) is 0 Å². The number of aryl methyl sites for hydroxylation is 2. The second kappa shape index (κ2) is 4.96. The molecular formula is C19H17N3O2. The lowest BCUT2D eigenvalue weighted by Gasteiger charge is -2.15. The van der Waals surface area contributed by atoms with Gasteiger partial charge >= 0.3 is 0 Å². The predicted octanol–water partition coefficient (Wildman–Crippen LogP) is 3.50. The molecule has 0 saturated heterocycles. The number of H-pyrrole nitrogens is 1. The van der Waals surface area contributed by atoms with Crippen LogP contribution in [0.25, 0.3) is 27.6 Å². The van der Waals surface area contributed by atoms with Gasteiger partial charge in [0, 0.05) is 11.5 Å². The minimum atomic E-state index is -0.276. The number of hydrogen-bond acceptors (Lipinski definition) is 3. The molecule has 0 amide bonds. The average Bonchev–Trinajstić information content (AvgIpc) is 2.90. The zero-order valence-corrected chi connectivity index (χ0v) is 13.7. The Balaban J connectivity index is 2.26. The lowest BCUT2D eigenvalue weighted by Crippen LogP contribution is -2.19. The van der Waals surface area contributed by atoms with Crippen LogP contribution in [0, 0.1) is 20.8 Å². The molecule has 4 rings (SSSR count). The molecular weight excluding hydrogens is 302 g/mol. The molecule has 2 aromatic heterocycles. The summed E-state index contributed by atoms with van der Waals surface area (Å²) >= 11 is 0. The van der Waals surface area contributed by atoms with E-state index in [-0.39, 0.29) is 11.3 Å². The third kappa shape index (κ3) is 1.94. The first-order valence-electron chi connectivity index (χ1n) is 7.78. The molecule has 0 aliphatic rings. The summed E-state index contributed by atoms with van der Waals surface area (Å²) in [5, 5.41) is 10.8. The van der Waals surface area contributed by atoms with Crippen molar-refractivity contribution in [2.45, 2.75) is 20.8 Å². The lowest BCUT2D eigenvalue weighted by molar-refractivity contribution is 0.480. The Bertz CT molecular complexity index is 1170. The Morgan fingerprint density at radius 3 is 2.67 bits per heavy atom. The number of aromatic amines is 1. The summed E-state index contributed by atoms with van der Waals surface area (Å²) in [6, 6.07) is 10.6. The maximum Gasteiger partial charge on any atom is 0.259 e. The Hall–Kier alpha value is -3.08. The number of benzene rings is 2. The van der Waals surface area contributed by atoms with Gasteiger partial charge in [0.05, 0.1) is 16.7 Å². The van der Waals surface area contributed by atoms with Crippen LogP contribution in [-0.2, 0) is 0 Å². The van der Waals surface area contributed by atoms with Gasteiger partial charge in [-0.2, -0.15) is 0 Å². The molecule has 2 heterocycles. The molecule has 5 heteroatoms. The van der Waals surface area contributed by atoms with Crippen molar-refractivity contribution in [2.24, 2.45) is 0 Å². The number of nitrogens with one attached hydrogen (secondary N) is 1. The molecule has 0 bridgehead atoms. The Kier molecular flexibility index (Phi) is 3.00. The van der Waals surface area contributed by atoms with E-state index < -0.39 is 0 Å². The topological polar surface area (TPSA) is 70.9 Å². The molecule has 0 fully saturated rings. The smallest absolute Gasteiger partial charge is 0.259 e. The zero-order valence-electron chi connectivity index (χ0n) is 13.7. The lowest BCUT2D eigenvalue weighted by atomic mass is 10.0. The van der Waals surface area contributed by atoms with Gasteiger partial charge in [0.2, 0.25) is 0 Å². The van der Waals surface area contributed by atoms with Crippen LogP contribution in [0.3, 0.4) is 0 Å². The summed E-state index contributed by atoms with van der Waals surface area (Å²) in [7, 11) is 0. The Labute approximate surface area is 138 Å². The third-order valence-electron chi connectivity index (χ3n) is 4.51. The van der Waals surface area contributed by atoms with E-state index in [0.29, 0.717) is 10.9 Å². The fourth-order valence-corrected chi connectivity index (χ4v) is 3.25. The van der Waals surface area contributed by atoms with Gasteiger partial charge in [-0.3, -0.25) is 9.36 Å². The van der Waals surface area contributed by atoms with Gasteiger partial charge in [-0.05, 0) is 50.1 Å². The summed E-state index contributed by atoms with van der Waals surface area (Å²) < 4.78 is 1.64. The second-order valence-corrected chi connectivity index (χ2v) is 6.11. The van der Waals surface area contributed by atoms with Crippen molar-refractivity contribution >= 4 is 21.9 Å². The van der Waals surface area contributed by atoms with Crippen molar-refractivity contribution in [1.29, 1.82) is 0 Å². The summed E-state index contributed by atoms with van der Waals surface area (Å²) in [5.41, 5.74) is 4.87. The summed E-state index contributed by atoms with van der Waals surface area (Å²) in [4.78, 5) is 20.6. The molecule has 0 saturated carbocycles. The fraction of sp³-hybridized carbons (Fsp3) is 0.158. The van der Waals surface area contributed by atoms with Gasteiger partial charge in [0.1, 0.15) is 17.1 Å². The number of imidazole rings is 1. The molecule has 0 aliphatic heterocycles. The molecule has 2 aromatic carbocycles. The molecule has 0 unspecified atom stereocenters. The van der Waals surface area contributed by atoms with Crippen LogP contribution in [0.4, 0.5) is 0 Å². The first kappa shape index (κ1) is 14.5. The minimum Gasteiger partial charge on any atom is -0.507 e. The number of para-hydroxylation sites is 1. The van der Waals surface area contributed by atoms with E-state index in [1.807, 2.05) is 45.0 Å². The zero-order chi connectivity index (χ0) is 17.0. The van der Waals surface area contributed by atoms with Gasteiger partial charge in [0.15, 0.2) is 0 Å². The largest absolute Gasteiger partial charge is 0.507 e. The van der Waals surface area contributed by atoms with Crippen molar-refractivity contribution in [3.63, 3.8) is 0 Å². The maximum atomic E-state index is 12.7. The highest BCUT2D eigenvalue weighted by Gasteiger charge is 2.17. The Morgan fingerprint density at radius 1 is 1.12 bits per heavy atom. The molecule has 0 atom stereocenters. The van der Waals surface area contributed by atoms with Crippen LogP contribution in [0.2, 0.25) is 0 Å². The van der Waals surface area contributed by atoms with Gasteiger partial charge in [-0.25, -0.2) is 4.98 Å². The third-order valence-corrected chi connectivity index (χ3v) is 4.51. The highest BCUT2D eigenvalue weighted by atomic mass is 16.3. The van der Waals surface area contributed by atoms with Crippen LogP contribution < -0.4 is 5.56 Å². The monoisotopic (exact) mass is 319 g/mol. The van der Waals surface area contributed by atoms with Crippen molar-refractivity contribution in [1.82, 2.24) is 14.5 Å². The average molecular weight is 319 g/mol. The van der Waals surface area contributed by atoms with Crippen LogP contribution in [0.1, 0.15) is 17.0 Å². The standard InChI is InChI=1S/C19H17N3O2/c1-10-8-14-18(21-12(3)20-14)19(11(10)2)22-15-7-5-4-6-13(15)16(23)9-17(22)24/h4-9,23H,1-3H3,(H,20,21). The van der Waals surface area contributed by atoms with Gasteiger partial charge in [-0.1, -0.05) is 12.1 Å². The van der Waals surface area contributed by atoms with Crippen LogP contribution >= 0.6 is 0 Å². The number of rotatable bonds is 1. The molecule has 120 valence electrons. The molecule has 0 spiro atoms. The normalized spacial score (nSPS) is 11.5. The van der Waals surface area contributed by atoms with Crippen LogP contribution in [-0.4, -0.2) is 19.6 Å². The number of pyridine rings is 1. The van der Waals surface area contributed by atoms with Gasteiger partial charge < -0.3 is 10.1 Å². The minimum absolute atomic E-state index is 0.00777. The van der Waals surface area contributed by atoms with Crippen LogP contribution in [0.5, 0.6) is 5.75 Å².